The third-order valence-electron chi connectivity index (χ3n) is 2.89. The molecule has 0 spiro atoms. The Hall–Kier alpha value is -0.570. The van der Waals surface area contributed by atoms with Gasteiger partial charge in [-0.05, 0) is 30.1 Å². The van der Waals surface area contributed by atoms with Crippen LogP contribution in [-0.2, 0) is 9.53 Å². The van der Waals surface area contributed by atoms with Crippen molar-refractivity contribution < 1.29 is 9.53 Å². The molecule has 1 saturated carbocycles. The first-order chi connectivity index (χ1) is 6.31. The van der Waals surface area contributed by atoms with Gasteiger partial charge in [-0.3, -0.25) is 4.79 Å². The van der Waals surface area contributed by atoms with E-state index in [1.54, 1.807) is 0 Å². The summed E-state index contributed by atoms with van der Waals surface area (Å²) in [7, 11) is 1.40. The summed E-state index contributed by atoms with van der Waals surface area (Å²) in [5.41, 5.74) is 6.14. The van der Waals surface area contributed by atoms with Crippen molar-refractivity contribution in [1.82, 2.24) is 0 Å². The average molecular weight is 199 g/mol. The lowest BCUT2D eigenvalue weighted by atomic mass is 9.79. The van der Waals surface area contributed by atoms with Crippen molar-refractivity contribution in [1.29, 1.82) is 0 Å². The lowest BCUT2D eigenvalue weighted by Gasteiger charge is -2.28. The smallest absolute Gasteiger partial charge is 0.323 e. The van der Waals surface area contributed by atoms with Gasteiger partial charge in [0.25, 0.3) is 0 Å². The summed E-state index contributed by atoms with van der Waals surface area (Å²) in [6.45, 7) is 6.53. The molecule has 1 aliphatic carbocycles. The van der Waals surface area contributed by atoms with E-state index >= 15 is 0 Å². The van der Waals surface area contributed by atoms with Crippen LogP contribution >= 0.6 is 0 Å². The number of hydrogen-bond acceptors (Lipinski definition) is 3. The normalized spacial score (nSPS) is 21.5. The molecule has 3 nitrogen and oxygen atoms in total. The van der Waals surface area contributed by atoms with E-state index in [1.807, 2.05) is 0 Å². The standard InChI is InChI=1S/C11H21NO2/c1-10(2,3)7-11(5-6-11)8(12)9(13)14-4/h8H,5-7,12H2,1-4H3. The fraction of sp³-hybridized carbons (Fsp3) is 0.909. The minimum Gasteiger partial charge on any atom is -0.468 e. The topological polar surface area (TPSA) is 52.3 Å². The zero-order valence-electron chi connectivity index (χ0n) is 9.59. The van der Waals surface area contributed by atoms with Crippen molar-refractivity contribution in [2.24, 2.45) is 16.6 Å². The summed E-state index contributed by atoms with van der Waals surface area (Å²) in [4.78, 5) is 11.3. The number of rotatable bonds is 3. The first-order valence-electron chi connectivity index (χ1n) is 5.14. The predicted octanol–water partition coefficient (Wildman–Crippen LogP) is 1.70. The third kappa shape index (κ3) is 2.47. The van der Waals surface area contributed by atoms with E-state index in [4.69, 9.17) is 5.73 Å². The Kier molecular flexibility index (Phi) is 2.91. The molecule has 3 heteroatoms. The maximum absolute atomic E-state index is 11.3. The van der Waals surface area contributed by atoms with Crippen molar-refractivity contribution in [3.63, 3.8) is 0 Å². The maximum atomic E-state index is 11.3. The van der Waals surface area contributed by atoms with Gasteiger partial charge in [0, 0.05) is 0 Å². The van der Waals surface area contributed by atoms with Crippen LogP contribution in [0.4, 0.5) is 0 Å². The van der Waals surface area contributed by atoms with Gasteiger partial charge in [0.1, 0.15) is 6.04 Å². The summed E-state index contributed by atoms with van der Waals surface area (Å²) in [5, 5.41) is 0. The van der Waals surface area contributed by atoms with Gasteiger partial charge < -0.3 is 10.5 Å². The Morgan fingerprint density at radius 2 is 2.00 bits per heavy atom. The minimum absolute atomic E-state index is 0.0192. The molecule has 0 amide bonds. The Morgan fingerprint density at radius 3 is 2.29 bits per heavy atom. The quantitative estimate of drug-likeness (QED) is 0.704. The molecule has 0 aromatic heterocycles. The van der Waals surface area contributed by atoms with Gasteiger partial charge in [-0.1, -0.05) is 20.8 Å². The van der Waals surface area contributed by atoms with E-state index in [0.29, 0.717) is 0 Å². The maximum Gasteiger partial charge on any atom is 0.323 e. The Morgan fingerprint density at radius 1 is 1.50 bits per heavy atom. The molecular weight excluding hydrogens is 178 g/mol. The van der Waals surface area contributed by atoms with Crippen LogP contribution in [0, 0.1) is 10.8 Å². The van der Waals surface area contributed by atoms with Crippen LogP contribution in [0.5, 0.6) is 0 Å². The fourth-order valence-corrected chi connectivity index (χ4v) is 2.19. The largest absolute Gasteiger partial charge is 0.468 e. The van der Waals surface area contributed by atoms with Gasteiger partial charge in [0.05, 0.1) is 7.11 Å². The second-order valence-electron chi connectivity index (χ2n) is 5.60. The van der Waals surface area contributed by atoms with E-state index < -0.39 is 6.04 Å². The van der Waals surface area contributed by atoms with E-state index in [9.17, 15) is 4.79 Å². The zero-order valence-corrected chi connectivity index (χ0v) is 9.59. The molecular formula is C11H21NO2. The second-order valence-corrected chi connectivity index (χ2v) is 5.60. The lowest BCUT2D eigenvalue weighted by Crippen LogP contribution is -2.42. The molecule has 1 rings (SSSR count). The molecule has 14 heavy (non-hydrogen) atoms. The fourth-order valence-electron chi connectivity index (χ4n) is 2.19. The van der Waals surface area contributed by atoms with E-state index in [1.165, 1.54) is 7.11 Å². The molecule has 0 aromatic rings. The van der Waals surface area contributed by atoms with Crippen molar-refractivity contribution >= 4 is 5.97 Å². The first kappa shape index (κ1) is 11.5. The summed E-state index contributed by atoms with van der Waals surface area (Å²) in [6, 6.07) is -0.438. The van der Waals surface area contributed by atoms with Gasteiger partial charge in [-0.15, -0.1) is 0 Å². The predicted molar refractivity (Wildman–Crippen MR) is 55.7 cm³/mol. The summed E-state index contributed by atoms with van der Waals surface area (Å²) >= 11 is 0. The molecule has 0 aliphatic heterocycles. The molecule has 0 heterocycles. The average Bonchev–Trinajstić information content (AvgIpc) is 2.80. The highest BCUT2D eigenvalue weighted by Gasteiger charge is 2.52. The number of carbonyl (C=O) groups is 1. The highest BCUT2D eigenvalue weighted by Crippen LogP contribution is 2.55. The van der Waals surface area contributed by atoms with Gasteiger partial charge in [0.15, 0.2) is 0 Å². The SMILES string of the molecule is COC(=O)C(N)C1(CC(C)(C)C)CC1. The Balaban J connectivity index is 2.62. The molecule has 82 valence electrons. The van der Waals surface area contributed by atoms with Crippen LogP contribution in [0.15, 0.2) is 0 Å². The number of ether oxygens (including phenoxy) is 1. The van der Waals surface area contributed by atoms with Crippen molar-refractivity contribution in [3.8, 4) is 0 Å². The van der Waals surface area contributed by atoms with Gasteiger partial charge >= 0.3 is 5.97 Å². The lowest BCUT2D eigenvalue weighted by molar-refractivity contribution is -0.144. The van der Waals surface area contributed by atoms with Crippen molar-refractivity contribution in [2.75, 3.05) is 7.11 Å². The Bertz CT molecular complexity index is 226. The van der Waals surface area contributed by atoms with Crippen LogP contribution in [0.3, 0.4) is 0 Å². The highest BCUT2D eigenvalue weighted by atomic mass is 16.5. The van der Waals surface area contributed by atoms with Gasteiger partial charge in [0.2, 0.25) is 0 Å². The monoisotopic (exact) mass is 199 g/mol. The molecule has 0 bridgehead atoms. The minimum atomic E-state index is -0.438. The molecule has 0 radical (unpaired) electrons. The number of esters is 1. The summed E-state index contributed by atoms with van der Waals surface area (Å²) < 4.78 is 4.69. The number of hydrogen-bond donors (Lipinski definition) is 1. The molecule has 0 aromatic carbocycles. The second kappa shape index (κ2) is 3.54. The summed E-state index contributed by atoms with van der Waals surface area (Å²) in [6.07, 6.45) is 3.11. The van der Waals surface area contributed by atoms with E-state index in [-0.39, 0.29) is 16.8 Å². The molecule has 1 atom stereocenters. The van der Waals surface area contributed by atoms with E-state index in [0.717, 1.165) is 19.3 Å². The molecule has 0 saturated heterocycles. The highest BCUT2D eigenvalue weighted by molar-refractivity contribution is 5.77. The number of carbonyl (C=O) groups excluding carboxylic acids is 1. The van der Waals surface area contributed by atoms with Crippen molar-refractivity contribution in [2.45, 2.75) is 46.1 Å². The number of nitrogens with two attached hydrogens (primary N) is 1. The first-order valence-corrected chi connectivity index (χ1v) is 5.14. The van der Waals surface area contributed by atoms with Gasteiger partial charge in [-0.25, -0.2) is 0 Å². The zero-order chi connectivity index (χ0) is 11.0. The van der Waals surface area contributed by atoms with Crippen molar-refractivity contribution in [3.05, 3.63) is 0 Å². The Labute approximate surface area is 86.0 Å². The molecule has 1 unspecified atom stereocenters. The van der Waals surface area contributed by atoms with Gasteiger partial charge in [-0.2, -0.15) is 0 Å². The van der Waals surface area contributed by atoms with Crippen LogP contribution in [0.1, 0.15) is 40.0 Å². The van der Waals surface area contributed by atoms with Crippen LogP contribution < -0.4 is 5.73 Å². The third-order valence-corrected chi connectivity index (χ3v) is 2.89. The van der Waals surface area contributed by atoms with Crippen LogP contribution in [-0.4, -0.2) is 19.1 Å². The molecule has 1 fully saturated rings. The number of methoxy groups -OCH3 is 1. The van der Waals surface area contributed by atoms with E-state index in [2.05, 4.69) is 25.5 Å². The van der Waals surface area contributed by atoms with Crippen LogP contribution in [0.25, 0.3) is 0 Å². The summed E-state index contributed by atoms with van der Waals surface area (Å²) in [5.74, 6) is -0.272. The molecule has 2 N–H and O–H groups in total. The van der Waals surface area contributed by atoms with Crippen LogP contribution in [0.2, 0.25) is 0 Å². The molecule has 1 aliphatic rings.